The van der Waals surface area contributed by atoms with Gasteiger partial charge in [0.25, 0.3) is 0 Å². The highest BCUT2D eigenvalue weighted by Gasteiger charge is 2.24. The van der Waals surface area contributed by atoms with Gasteiger partial charge >= 0.3 is 0 Å². The van der Waals surface area contributed by atoms with E-state index in [1.54, 1.807) is 0 Å². The van der Waals surface area contributed by atoms with Gasteiger partial charge in [-0.2, -0.15) is 0 Å². The highest BCUT2D eigenvalue weighted by Crippen LogP contribution is 2.20. The quantitative estimate of drug-likeness (QED) is 0.742. The molecule has 98 valence electrons. The molecule has 1 heterocycles. The largest absolute Gasteiger partial charge is 0.293 e. The third-order valence-corrected chi connectivity index (χ3v) is 4.00. The molecule has 2 rings (SSSR count). The summed E-state index contributed by atoms with van der Waals surface area (Å²) in [7, 11) is 0. The Hall–Kier alpha value is -1.15. The second kappa shape index (κ2) is 6.14. The van der Waals surface area contributed by atoms with Crippen LogP contribution in [0, 0.1) is 0 Å². The molecule has 0 N–H and O–H groups in total. The molecule has 0 aromatic heterocycles. The number of nitrogens with zero attached hydrogens (tertiary/aromatic N) is 1. The van der Waals surface area contributed by atoms with E-state index in [0.29, 0.717) is 12.6 Å². The number of Topliss-reactive ketones (excluding diaryl/α,β-unsaturated/α-hetero) is 1. The van der Waals surface area contributed by atoms with Crippen molar-refractivity contribution in [2.45, 2.75) is 45.6 Å². The van der Waals surface area contributed by atoms with E-state index in [1.165, 1.54) is 18.4 Å². The Morgan fingerprint density at radius 2 is 2.00 bits per heavy atom. The maximum atomic E-state index is 12.2. The van der Waals surface area contributed by atoms with Crippen LogP contribution < -0.4 is 0 Å². The van der Waals surface area contributed by atoms with Gasteiger partial charge in [-0.05, 0) is 37.8 Å². The van der Waals surface area contributed by atoms with Gasteiger partial charge < -0.3 is 0 Å². The average molecular weight is 245 g/mol. The first-order valence-corrected chi connectivity index (χ1v) is 7.10. The zero-order valence-electron chi connectivity index (χ0n) is 11.5. The predicted molar refractivity (Wildman–Crippen MR) is 75.0 cm³/mol. The van der Waals surface area contributed by atoms with Gasteiger partial charge in [-0.25, -0.2) is 0 Å². The molecule has 1 saturated heterocycles. The van der Waals surface area contributed by atoms with E-state index >= 15 is 0 Å². The second-order valence-corrected chi connectivity index (χ2v) is 5.15. The number of hydrogen-bond donors (Lipinski definition) is 0. The van der Waals surface area contributed by atoms with Crippen LogP contribution in [0.5, 0.6) is 0 Å². The predicted octanol–water partition coefficient (Wildman–Crippen LogP) is 3.31. The summed E-state index contributed by atoms with van der Waals surface area (Å²) in [5.74, 6) is 0.262. The highest BCUT2D eigenvalue weighted by atomic mass is 16.1. The minimum atomic E-state index is 0.262. The zero-order chi connectivity index (χ0) is 13.0. The molecule has 0 saturated carbocycles. The van der Waals surface area contributed by atoms with E-state index in [-0.39, 0.29) is 5.78 Å². The van der Waals surface area contributed by atoms with Crippen LogP contribution in [0.2, 0.25) is 0 Å². The summed E-state index contributed by atoms with van der Waals surface area (Å²) >= 11 is 0. The zero-order valence-corrected chi connectivity index (χ0v) is 11.5. The molecule has 1 aliphatic heterocycles. The van der Waals surface area contributed by atoms with Crippen LogP contribution in [0.3, 0.4) is 0 Å². The van der Waals surface area contributed by atoms with Crippen LogP contribution >= 0.6 is 0 Å². The molecule has 1 aliphatic rings. The minimum Gasteiger partial charge on any atom is -0.293 e. The van der Waals surface area contributed by atoms with Crippen LogP contribution in [0.15, 0.2) is 24.3 Å². The molecule has 2 nitrogen and oxygen atoms in total. The molecular weight excluding hydrogens is 222 g/mol. The number of benzene rings is 1. The lowest BCUT2D eigenvalue weighted by Gasteiger charge is -2.22. The van der Waals surface area contributed by atoms with Crippen LogP contribution in [-0.2, 0) is 6.42 Å². The Morgan fingerprint density at radius 3 is 2.61 bits per heavy atom. The molecule has 0 amide bonds. The Labute approximate surface area is 110 Å². The van der Waals surface area contributed by atoms with Crippen molar-refractivity contribution in [2.75, 3.05) is 13.1 Å². The van der Waals surface area contributed by atoms with E-state index in [9.17, 15) is 4.79 Å². The number of carbonyl (C=O) groups is 1. The molecular formula is C16H23NO. The summed E-state index contributed by atoms with van der Waals surface area (Å²) in [5, 5.41) is 0. The van der Waals surface area contributed by atoms with Crippen LogP contribution in [-0.4, -0.2) is 29.8 Å². The molecule has 0 aliphatic carbocycles. The molecule has 1 aromatic rings. The van der Waals surface area contributed by atoms with Crippen molar-refractivity contribution < 1.29 is 4.79 Å². The number of aryl methyl sites for hydroxylation is 1. The Balaban J connectivity index is 1.98. The fraction of sp³-hybridized carbons (Fsp3) is 0.562. The number of rotatable bonds is 5. The molecule has 1 aromatic carbocycles. The first kappa shape index (κ1) is 13.3. The number of hydrogen-bond acceptors (Lipinski definition) is 2. The minimum absolute atomic E-state index is 0.262. The van der Waals surface area contributed by atoms with Gasteiger partial charge in [-0.1, -0.05) is 38.1 Å². The monoisotopic (exact) mass is 245 g/mol. The fourth-order valence-corrected chi connectivity index (χ4v) is 2.77. The van der Waals surface area contributed by atoms with Crippen molar-refractivity contribution in [3.63, 3.8) is 0 Å². The van der Waals surface area contributed by atoms with Crippen molar-refractivity contribution in [2.24, 2.45) is 0 Å². The van der Waals surface area contributed by atoms with Crippen LogP contribution in [0.4, 0.5) is 0 Å². The molecule has 1 atom stereocenters. The molecule has 1 fully saturated rings. The summed E-state index contributed by atoms with van der Waals surface area (Å²) in [6, 6.07) is 8.68. The van der Waals surface area contributed by atoms with Crippen molar-refractivity contribution in [3.05, 3.63) is 35.4 Å². The molecule has 2 heteroatoms. The SMILES string of the molecule is CCc1ccc(C(=O)CN2CCCC2CC)cc1. The summed E-state index contributed by atoms with van der Waals surface area (Å²) in [6.45, 7) is 6.01. The topological polar surface area (TPSA) is 20.3 Å². The standard InChI is InChI=1S/C16H23NO/c1-3-13-7-9-14(10-8-13)16(18)12-17-11-5-6-15(17)4-2/h7-10,15H,3-6,11-12H2,1-2H3. The van der Waals surface area contributed by atoms with E-state index in [4.69, 9.17) is 0 Å². The molecule has 18 heavy (non-hydrogen) atoms. The van der Waals surface area contributed by atoms with Gasteiger partial charge in [-0.3, -0.25) is 9.69 Å². The number of carbonyl (C=O) groups excluding carboxylic acids is 1. The normalized spacial score (nSPS) is 20.2. The number of likely N-dealkylation sites (tertiary alicyclic amines) is 1. The van der Waals surface area contributed by atoms with Gasteiger partial charge in [0.05, 0.1) is 6.54 Å². The Bertz CT molecular complexity index is 396. The maximum Gasteiger partial charge on any atom is 0.176 e. The first-order chi connectivity index (χ1) is 8.74. The molecule has 0 radical (unpaired) electrons. The number of ketones is 1. The lowest BCUT2D eigenvalue weighted by molar-refractivity contribution is 0.0920. The van der Waals surface area contributed by atoms with Crippen molar-refractivity contribution in [1.82, 2.24) is 4.90 Å². The van der Waals surface area contributed by atoms with Crippen molar-refractivity contribution >= 4 is 5.78 Å². The fourth-order valence-electron chi connectivity index (χ4n) is 2.77. The smallest absolute Gasteiger partial charge is 0.176 e. The maximum absolute atomic E-state index is 12.2. The van der Waals surface area contributed by atoms with Crippen molar-refractivity contribution in [3.8, 4) is 0 Å². The van der Waals surface area contributed by atoms with E-state index < -0.39 is 0 Å². The average Bonchev–Trinajstić information content (AvgIpc) is 2.86. The van der Waals surface area contributed by atoms with Gasteiger partial charge in [0, 0.05) is 11.6 Å². The summed E-state index contributed by atoms with van der Waals surface area (Å²) < 4.78 is 0. The second-order valence-electron chi connectivity index (χ2n) is 5.15. The van der Waals surface area contributed by atoms with Gasteiger partial charge in [0.2, 0.25) is 0 Å². The van der Waals surface area contributed by atoms with Crippen molar-refractivity contribution in [1.29, 1.82) is 0 Å². The van der Waals surface area contributed by atoms with E-state index in [2.05, 4.69) is 30.9 Å². The first-order valence-electron chi connectivity index (χ1n) is 7.10. The summed E-state index contributed by atoms with van der Waals surface area (Å²) in [4.78, 5) is 14.6. The lowest BCUT2D eigenvalue weighted by Crippen LogP contribution is -2.33. The van der Waals surface area contributed by atoms with Crippen LogP contribution in [0.1, 0.15) is 49.0 Å². The Morgan fingerprint density at radius 1 is 1.28 bits per heavy atom. The third-order valence-electron chi connectivity index (χ3n) is 4.00. The van der Waals surface area contributed by atoms with E-state index in [0.717, 1.165) is 24.9 Å². The van der Waals surface area contributed by atoms with Crippen LogP contribution in [0.25, 0.3) is 0 Å². The lowest BCUT2D eigenvalue weighted by atomic mass is 10.1. The van der Waals surface area contributed by atoms with Gasteiger partial charge in [0.1, 0.15) is 0 Å². The highest BCUT2D eigenvalue weighted by molar-refractivity contribution is 5.97. The van der Waals surface area contributed by atoms with Gasteiger partial charge in [0.15, 0.2) is 5.78 Å². The molecule has 0 spiro atoms. The summed E-state index contributed by atoms with van der Waals surface area (Å²) in [6.07, 6.45) is 4.67. The van der Waals surface area contributed by atoms with Gasteiger partial charge in [-0.15, -0.1) is 0 Å². The molecule has 1 unspecified atom stereocenters. The molecule has 0 bridgehead atoms. The summed E-state index contributed by atoms with van der Waals surface area (Å²) in [5.41, 5.74) is 2.15. The third kappa shape index (κ3) is 2.99. The van der Waals surface area contributed by atoms with E-state index in [1.807, 2.05) is 12.1 Å². The Kier molecular flexibility index (Phi) is 4.54.